The Morgan fingerprint density at radius 2 is 2.24 bits per heavy atom. The molecule has 0 saturated carbocycles. The molecule has 1 amide bonds. The molecule has 2 unspecified atom stereocenters. The number of aliphatic hydroxyl groups excluding tert-OH is 1. The molecule has 21 heavy (non-hydrogen) atoms. The van der Waals surface area contributed by atoms with E-state index in [1.54, 1.807) is 18.0 Å². The van der Waals surface area contributed by atoms with E-state index in [2.05, 4.69) is 31.1 Å². The number of aromatic nitrogens is 1. The highest BCUT2D eigenvalue weighted by Gasteiger charge is 2.34. The quantitative estimate of drug-likeness (QED) is 0.891. The fourth-order valence-electron chi connectivity index (χ4n) is 2.80. The van der Waals surface area contributed by atoms with Crippen molar-refractivity contribution in [2.75, 3.05) is 25.5 Å². The van der Waals surface area contributed by atoms with E-state index in [4.69, 9.17) is 0 Å². The van der Waals surface area contributed by atoms with E-state index < -0.39 is 0 Å². The highest BCUT2D eigenvalue weighted by molar-refractivity contribution is 5.95. The minimum Gasteiger partial charge on any atom is -0.394 e. The first-order valence-corrected chi connectivity index (χ1v) is 7.59. The van der Waals surface area contributed by atoms with Gasteiger partial charge in [-0.3, -0.25) is 4.79 Å². The van der Waals surface area contributed by atoms with E-state index in [9.17, 15) is 9.90 Å². The molecule has 0 radical (unpaired) electrons. The lowest BCUT2D eigenvalue weighted by molar-refractivity contribution is 0.0648. The Labute approximate surface area is 126 Å². The Morgan fingerprint density at radius 3 is 2.81 bits per heavy atom. The average molecular weight is 291 g/mol. The van der Waals surface area contributed by atoms with Crippen molar-refractivity contribution in [3.8, 4) is 0 Å². The fourth-order valence-corrected chi connectivity index (χ4v) is 2.80. The first-order valence-electron chi connectivity index (χ1n) is 7.59. The maximum Gasteiger partial charge on any atom is 0.254 e. The Kier molecular flexibility index (Phi) is 4.83. The zero-order valence-electron chi connectivity index (χ0n) is 13.3. The maximum atomic E-state index is 12.8. The Bertz CT molecular complexity index is 516. The van der Waals surface area contributed by atoms with Gasteiger partial charge in [-0.2, -0.15) is 0 Å². The molecule has 5 heteroatoms. The molecule has 1 saturated heterocycles. The zero-order chi connectivity index (χ0) is 15.6. The van der Waals surface area contributed by atoms with Crippen molar-refractivity contribution in [1.82, 2.24) is 9.88 Å². The van der Waals surface area contributed by atoms with Crippen LogP contribution in [0, 0.1) is 5.92 Å². The molecule has 1 aromatic heterocycles. The number of pyridine rings is 1. The Hall–Kier alpha value is -1.62. The summed E-state index contributed by atoms with van der Waals surface area (Å²) in [6, 6.07) is 3.57. The molecule has 116 valence electrons. The number of amides is 1. The molecule has 0 aromatic carbocycles. The molecule has 5 nitrogen and oxygen atoms in total. The number of carbonyl (C=O) groups is 1. The summed E-state index contributed by atoms with van der Waals surface area (Å²) in [5.41, 5.74) is 1.54. The molecule has 1 fully saturated rings. The number of rotatable bonds is 4. The summed E-state index contributed by atoms with van der Waals surface area (Å²) in [6.07, 6.45) is 0.942. The second kappa shape index (κ2) is 6.43. The summed E-state index contributed by atoms with van der Waals surface area (Å²) in [5.74, 6) is 1.29. The maximum absolute atomic E-state index is 12.8. The van der Waals surface area contributed by atoms with Gasteiger partial charge < -0.3 is 15.3 Å². The number of aliphatic hydroxyl groups is 1. The Morgan fingerprint density at radius 1 is 1.52 bits per heavy atom. The van der Waals surface area contributed by atoms with Gasteiger partial charge in [0.25, 0.3) is 5.91 Å². The van der Waals surface area contributed by atoms with Crippen molar-refractivity contribution in [3.63, 3.8) is 0 Å². The van der Waals surface area contributed by atoms with Gasteiger partial charge in [0.2, 0.25) is 0 Å². The third kappa shape index (κ3) is 3.18. The molecule has 0 spiro atoms. The number of anilines is 1. The summed E-state index contributed by atoms with van der Waals surface area (Å²) in [4.78, 5) is 19.0. The van der Waals surface area contributed by atoms with Crippen LogP contribution in [0.2, 0.25) is 0 Å². The van der Waals surface area contributed by atoms with Gasteiger partial charge >= 0.3 is 0 Å². The normalized spacial score (nSPS) is 21.9. The van der Waals surface area contributed by atoms with E-state index in [-0.39, 0.29) is 24.5 Å². The molecule has 1 aliphatic heterocycles. The van der Waals surface area contributed by atoms with Crippen LogP contribution in [-0.2, 0) is 0 Å². The summed E-state index contributed by atoms with van der Waals surface area (Å²) in [6.45, 7) is 6.93. The van der Waals surface area contributed by atoms with Crippen LogP contribution < -0.4 is 5.32 Å². The second-order valence-corrected chi connectivity index (χ2v) is 6.09. The largest absolute Gasteiger partial charge is 0.394 e. The number of nitrogens with zero attached hydrogens (tertiary/aromatic N) is 2. The number of hydrogen-bond acceptors (Lipinski definition) is 4. The predicted molar refractivity (Wildman–Crippen MR) is 83.6 cm³/mol. The lowest BCUT2D eigenvalue weighted by Gasteiger charge is -2.25. The van der Waals surface area contributed by atoms with E-state index in [1.807, 2.05) is 6.07 Å². The van der Waals surface area contributed by atoms with Crippen molar-refractivity contribution >= 4 is 11.7 Å². The van der Waals surface area contributed by atoms with E-state index in [0.29, 0.717) is 23.8 Å². The van der Waals surface area contributed by atoms with E-state index in [0.717, 1.165) is 12.1 Å². The number of likely N-dealkylation sites (tertiary alicyclic amines) is 1. The van der Waals surface area contributed by atoms with Crippen LogP contribution in [0.15, 0.2) is 12.1 Å². The van der Waals surface area contributed by atoms with Gasteiger partial charge in [-0.15, -0.1) is 0 Å². The third-order valence-electron chi connectivity index (χ3n) is 4.27. The molecule has 2 N–H and O–H groups in total. The van der Waals surface area contributed by atoms with Crippen LogP contribution in [0.1, 0.15) is 49.2 Å². The molecule has 2 atom stereocenters. The van der Waals surface area contributed by atoms with Crippen LogP contribution in [0.5, 0.6) is 0 Å². The molecule has 1 aliphatic rings. The van der Waals surface area contributed by atoms with Crippen LogP contribution in [0.4, 0.5) is 5.82 Å². The van der Waals surface area contributed by atoms with Gasteiger partial charge in [0.1, 0.15) is 5.82 Å². The van der Waals surface area contributed by atoms with Crippen molar-refractivity contribution in [1.29, 1.82) is 0 Å². The number of nitrogens with one attached hydrogen (secondary N) is 1. The molecule has 0 bridgehead atoms. The number of hydrogen-bond donors (Lipinski definition) is 2. The van der Waals surface area contributed by atoms with Crippen molar-refractivity contribution in [3.05, 3.63) is 23.4 Å². The van der Waals surface area contributed by atoms with Crippen LogP contribution >= 0.6 is 0 Å². The minimum absolute atomic E-state index is 0.0146. The van der Waals surface area contributed by atoms with Gasteiger partial charge in [0.15, 0.2) is 0 Å². The van der Waals surface area contributed by atoms with Crippen molar-refractivity contribution in [2.45, 2.75) is 39.2 Å². The van der Waals surface area contributed by atoms with Crippen molar-refractivity contribution < 1.29 is 9.90 Å². The van der Waals surface area contributed by atoms with Crippen LogP contribution in [-0.4, -0.2) is 47.1 Å². The Balaban J connectivity index is 2.32. The standard InChI is InChI=1S/C16H25N3O2/c1-10(2)13-7-12(8-15(17-4)18-13)16(21)19-6-5-11(3)14(19)9-20/h7-8,10-11,14,20H,5-6,9H2,1-4H3,(H,17,18). The lowest BCUT2D eigenvalue weighted by atomic mass is 10.0. The predicted octanol–water partition coefficient (Wildman–Crippen LogP) is 2.09. The monoisotopic (exact) mass is 291 g/mol. The summed E-state index contributed by atoms with van der Waals surface area (Å²) in [7, 11) is 1.80. The average Bonchev–Trinajstić information content (AvgIpc) is 2.86. The first-order chi connectivity index (χ1) is 9.97. The highest BCUT2D eigenvalue weighted by atomic mass is 16.3. The molecule has 0 aliphatic carbocycles. The molecule has 2 rings (SSSR count). The SMILES string of the molecule is CNc1cc(C(=O)N2CCC(C)C2CO)cc(C(C)C)n1. The van der Waals surface area contributed by atoms with Crippen LogP contribution in [0.25, 0.3) is 0 Å². The van der Waals surface area contributed by atoms with Gasteiger partial charge in [0.05, 0.1) is 12.6 Å². The van der Waals surface area contributed by atoms with Crippen LogP contribution in [0.3, 0.4) is 0 Å². The summed E-state index contributed by atoms with van der Waals surface area (Å²) in [5, 5.41) is 12.5. The highest BCUT2D eigenvalue weighted by Crippen LogP contribution is 2.26. The van der Waals surface area contributed by atoms with Gasteiger partial charge in [-0.05, 0) is 30.4 Å². The molecule has 1 aromatic rings. The molecular formula is C16H25N3O2. The van der Waals surface area contributed by atoms with Crippen molar-refractivity contribution in [2.24, 2.45) is 5.92 Å². The third-order valence-corrected chi connectivity index (χ3v) is 4.27. The zero-order valence-corrected chi connectivity index (χ0v) is 13.3. The topological polar surface area (TPSA) is 65.5 Å². The lowest BCUT2D eigenvalue weighted by Crippen LogP contribution is -2.39. The summed E-state index contributed by atoms with van der Waals surface area (Å²) < 4.78 is 0. The number of carbonyl (C=O) groups excluding carboxylic acids is 1. The van der Waals surface area contributed by atoms with Gasteiger partial charge in [-0.25, -0.2) is 4.98 Å². The van der Waals surface area contributed by atoms with Gasteiger partial charge in [-0.1, -0.05) is 20.8 Å². The van der Waals surface area contributed by atoms with E-state index in [1.165, 1.54) is 0 Å². The molecular weight excluding hydrogens is 266 g/mol. The molecule has 2 heterocycles. The fraction of sp³-hybridized carbons (Fsp3) is 0.625. The smallest absolute Gasteiger partial charge is 0.254 e. The first kappa shape index (κ1) is 15.8. The second-order valence-electron chi connectivity index (χ2n) is 6.09. The van der Waals surface area contributed by atoms with Gasteiger partial charge in [0, 0.05) is 24.8 Å². The minimum atomic E-state index is -0.0776. The summed E-state index contributed by atoms with van der Waals surface area (Å²) >= 11 is 0. The van der Waals surface area contributed by atoms with E-state index >= 15 is 0 Å².